The van der Waals surface area contributed by atoms with Crippen LogP contribution in [0.3, 0.4) is 0 Å². The van der Waals surface area contributed by atoms with Gasteiger partial charge >= 0.3 is 6.03 Å². The summed E-state index contributed by atoms with van der Waals surface area (Å²) >= 11 is 0. The molecule has 0 saturated carbocycles. The van der Waals surface area contributed by atoms with Crippen molar-refractivity contribution in [3.05, 3.63) is 60.0 Å². The zero-order chi connectivity index (χ0) is 17.6. The molecule has 0 aliphatic rings. The molecule has 2 aromatic carbocycles. The number of anilines is 2. The number of carbonyl (C=O) groups is 1. The molecule has 0 atom stereocenters. The van der Waals surface area contributed by atoms with Crippen LogP contribution in [0.5, 0.6) is 0 Å². The van der Waals surface area contributed by atoms with Gasteiger partial charge in [0.25, 0.3) is 0 Å². The number of carbonyl (C=O) groups excluding carboxylic acids is 1. The smallest absolute Gasteiger partial charge is 0.323 e. The van der Waals surface area contributed by atoms with Gasteiger partial charge in [0.15, 0.2) is 0 Å². The van der Waals surface area contributed by atoms with Crippen molar-refractivity contribution in [2.45, 2.75) is 26.7 Å². The second-order valence-corrected chi connectivity index (χ2v) is 5.58. The SMILES string of the molecule is CCc1cccc(NC(=O)Nc2ccc(-c3noc(CC)n3)cc2)c1. The largest absolute Gasteiger partial charge is 0.339 e. The van der Waals surface area contributed by atoms with Crippen LogP contribution in [0.2, 0.25) is 0 Å². The summed E-state index contributed by atoms with van der Waals surface area (Å²) in [5.74, 6) is 1.15. The summed E-state index contributed by atoms with van der Waals surface area (Å²) in [5.41, 5.74) is 3.47. The monoisotopic (exact) mass is 336 g/mol. The third-order valence-corrected chi connectivity index (χ3v) is 3.76. The molecular weight excluding hydrogens is 316 g/mol. The molecule has 0 bridgehead atoms. The van der Waals surface area contributed by atoms with Gasteiger partial charge in [0.1, 0.15) is 0 Å². The maximum atomic E-state index is 12.1. The van der Waals surface area contributed by atoms with Gasteiger partial charge < -0.3 is 15.2 Å². The van der Waals surface area contributed by atoms with Crippen LogP contribution < -0.4 is 10.6 Å². The molecule has 0 fully saturated rings. The summed E-state index contributed by atoms with van der Waals surface area (Å²) in [4.78, 5) is 16.4. The fraction of sp³-hybridized carbons (Fsp3) is 0.211. The highest BCUT2D eigenvalue weighted by molar-refractivity contribution is 5.99. The summed E-state index contributed by atoms with van der Waals surface area (Å²) in [6.07, 6.45) is 1.63. The molecule has 3 rings (SSSR count). The first-order valence-corrected chi connectivity index (χ1v) is 8.28. The Labute approximate surface area is 146 Å². The van der Waals surface area contributed by atoms with Crippen LogP contribution in [0.25, 0.3) is 11.4 Å². The zero-order valence-corrected chi connectivity index (χ0v) is 14.2. The number of nitrogens with one attached hydrogen (secondary N) is 2. The molecule has 128 valence electrons. The molecule has 25 heavy (non-hydrogen) atoms. The van der Waals surface area contributed by atoms with Crippen molar-refractivity contribution in [3.8, 4) is 11.4 Å². The van der Waals surface area contributed by atoms with Gasteiger partial charge in [-0.05, 0) is 48.4 Å². The van der Waals surface area contributed by atoms with E-state index >= 15 is 0 Å². The first kappa shape index (κ1) is 16.7. The highest BCUT2D eigenvalue weighted by Gasteiger charge is 2.08. The number of nitrogens with zero attached hydrogens (tertiary/aromatic N) is 2. The van der Waals surface area contributed by atoms with Crippen molar-refractivity contribution >= 4 is 17.4 Å². The van der Waals surface area contributed by atoms with E-state index in [0.717, 1.165) is 17.7 Å². The Kier molecular flexibility index (Phi) is 5.09. The molecule has 1 aromatic heterocycles. The maximum absolute atomic E-state index is 12.1. The van der Waals surface area contributed by atoms with Crippen molar-refractivity contribution in [2.75, 3.05) is 10.6 Å². The second kappa shape index (κ2) is 7.61. The van der Waals surface area contributed by atoms with Crippen molar-refractivity contribution in [1.29, 1.82) is 0 Å². The third-order valence-electron chi connectivity index (χ3n) is 3.76. The number of aromatic nitrogens is 2. The first-order chi connectivity index (χ1) is 12.2. The quantitative estimate of drug-likeness (QED) is 0.718. The highest BCUT2D eigenvalue weighted by Crippen LogP contribution is 2.19. The van der Waals surface area contributed by atoms with Gasteiger partial charge in [-0.25, -0.2) is 4.79 Å². The molecular formula is C19H20N4O2. The Morgan fingerprint density at radius 2 is 1.76 bits per heavy atom. The summed E-state index contributed by atoms with van der Waals surface area (Å²) in [6.45, 7) is 4.03. The zero-order valence-electron chi connectivity index (χ0n) is 14.2. The Morgan fingerprint density at radius 3 is 2.44 bits per heavy atom. The topological polar surface area (TPSA) is 80.0 Å². The van der Waals surface area contributed by atoms with E-state index in [4.69, 9.17) is 4.52 Å². The number of hydrogen-bond donors (Lipinski definition) is 2. The number of benzene rings is 2. The van der Waals surface area contributed by atoms with Crippen molar-refractivity contribution in [2.24, 2.45) is 0 Å². The predicted molar refractivity (Wildman–Crippen MR) is 97.6 cm³/mol. The summed E-state index contributed by atoms with van der Waals surface area (Å²) < 4.78 is 5.11. The van der Waals surface area contributed by atoms with E-state index < -0.39 is 0 Å². The highest BCUT2D eigenvalue weighted by atomic mass is 16.5. The molecule has 0 unspecified atom stereocenters. The minimum absolute atomic E-state index is 0.283. The van der Waals surface area contributed by atoms with Crippen LogP contribution in [0, 0.1) is 0 Å². The van der Waals surface area contributed by atoms with Gasteiger partial charge in [0.2, 0.25) is 11.7 Å². The molecule has 6 heteroatoms. The molecule has 0 aliphatic carbocycles. The molecule has 2 amide bonds. The molecule has 1 heterocycles. The summed E-state index contributed by atoms with van der Waals surface area (Å²) in [6, 6.07) is 14.8. The predicted octanol–water partition coefficient (Wildman–Crippen LogP) is 4.51. The number of urea groups is 1. The minimum Gasteiger partial charge on any atom is -0.339 e. The first-order valence-electron chi connectivity index (χ1n) is 8.28. The molecule has 0 spiro atoms. The Bertz CT molecular complexity index is 856. The molecule has 3 aromatic rings. The van der Waals surface area contributed by atoms with Crippen molar-refractivity contribution in [3.63, 3.8) is 0 Å². The van der Waals surface area contributed by atoms with Gasteiger partial charge in [-0.3, -0.25) is 0 Å². The Hall–Kier alpha value is -3.15. The molecule has 0 radical (unpaired) electrons. The van der Waals surface area contributed by atoms with Crippen molar-refractivity contribution < 1.29 is 9.32 Å². The van der Waals surface area contributed by atoms with Gasteiger partial charge in [0, 0.05) is 23.4 Å². The Morgan fingerprint density at radius 1 is 1.00 bits per heavy atom. The lowest BCUT2D eigenvalue weighted by Gasteiger charge is -2.09. The van der Waals surface area contributed by atoms with E-state index in [-0.39, 0.29) is 6.03 Å². The normalized spacial score (nSPS) is 10.5. The number of aryl methyl sites for hydroxylation is 2. The van der Waals surface area contributed by atoms with E-state index in [1.165, 1.54) is 5.56 Å². The van der Waals surface area contributed by atoms with Crippen LogP contribution in [0.1, 0.15) is 25.3 Å². The lowest BCUT2D eigenvalue weighted by molar-refractivity contribution is 0.262. The molecule has 2 N–H and O–H groups in total. The summed E-state index contributed by atoms with van der Waals surface area (Å²) in [7, 11) is 0. The van der Waals surface area contributed by atoms with Gasteiger partial charge in [0.05, 0.1) is 0 Å². The molecule has 6 nitrogen and oxygen atoms in total. The van der Waals surface area contributed by atoms with Crippen LogP contribution in [0.4, 0.5) is 16.2 Å². The lowest BCUT2D eigenvalue weighted by atomic mass is 10.1. The van der Waals surface area contributed by atoms with Gasteiger partial charge in [-0.15, -0.1) is 0 Å². The van der Waals surface area contributed by atoms with Crippen LogP contribution in [0.15, 0.2) is 53.1 Å². The van der Waals surface area contributed by atoms with E-state index in [2.05, 4.69) is 27.7 Å². The van der Waals surface area contributed by atoms with E-state index in [0.29, 0.717) is 23.8 Å². The fourth-order valence-electron chi connectivity index (χ4n) is 2.38. The molecule has 0 aliphatic heterocycles. The summed E-state index contributed by atoms with van der Waals surface area (Å²) in [5, 5.41) is 9.58. The Balaban J connectivity index is 1.63. The number of rotatable bonds is 5. The van der Waals surface area contributed by atoms with E-state index in [9.17, 15) is 4.79 Å². The van der Waals surface area contributed by atoms with Gasteiger partial charge in [-0.2, -0.15) is 4.98 Å². The number of hydrogen-bond acceptors (Lipinski definition) is 4. The average molecular weight is 336 g/mol. The van der Waals surface area contributed by atoms with E-state index in [1.807, 2.05) is 43.3 Å². The minimum atomic E-state index is -0.283. The second-order valence-electron chi connectivity index (χ2n) is 5.58. The fourth-order valence-corrected chi connectivity index (χ4v) is 2.38. The van der Waals surface area contributed by atoms with Crippen molar-refractivity contribution in [1.82, 2.24) is 10.1 Å². The standard InChI is InChI=1S/C19H20N4O2/c1-3-13-6-5-7-16(12-13)21-19(24)20-15-10-8-14(9-11-15)18-22-17(4-2)25-23-18/h5-12H,3-4H2,1-2H3,(H2,20,21,24). The maximum Gasteiger partial charge on any atom is 0.323 e. The number of amides is 2. The van der Waals surface area contributed by atoms with E-state index in [1.54, 1.807) is 12.1 Å². The molecule has 0 saturated heterocycles. The average Bonchev–Trinajstić information content (AvgIpc) is 3.11. The van der Waals surface area contributed by atoms with Crippen LogP contribution in [-0.4, -0.2) is 16.2 Å². The third kappa shape index (κ3) is 4.23. The lowest BCUT2D eigenvalue weighted by Crippen LogP contribution is -2.19. The van der Waals surface area contributed by atoms with Gasteiger partial charge in [-0.1, -0.05) is 31.1 Å². The van der Waals surface area contributed by atoms with Crippen LogP contribution >= 0.6 is 0 Å². The van der Waals surface area contributed by atoms with Crippen LogP contribution in [-0.2, 0) is 12.8 Å².